The average Bonchev–Trinajstić information content (AvgIpc) is 3.77. The summed E-state index contributed by atoms with van der Waals surface area (Å²) in [5, 5.41) is 55.6. The number of nitrogens with two attached hydrogens (primary N) is 1. The van der Waals surface area contributed by atoms with Gasteiger partial charge in [-0.05, 0) is 20.8 Å². The number of amidine groups is 1. The second-order valence-corrected chi connectivity index (χ2v) is 16.8. The van der Waals surface area contributed by atoms with Crippen LogP contribution >= 0.6 is 34.7 Å². The van der Waals surface area contributed by atoms with Gasteiger partial charge >= 0.3 is 17.6 Å². The first kappa shape index (κ1) is 39.6. The summed E-state index contributed by atoms with van der Waals surface area (Å²) in [6.07, 6.45) is 1.64. The zero-order chi connectivity index (χ0) is 40.3. The van der Waals surface area contributed by atoms with E-state index < -0.39 is 62.9 Å². The van der Waals surface area contributed by atoms with Crippen molar-refractivity contribution in [3.8, 4) is 11.5 Å². The molecule has 3 atom stereocenters. The minimum absolute atomic E-state index is 0.0194. The standard InChI is InChI=1S/C33H38ClN9O10S2/c1-14-15(12-43(8-5-6-9-43)10-7-41-27(47)19-17(40(4)32(41)52)11-18(44)24(45)20(19)34)23(29(48)49)42-25(35)22(28(42)55-14)38-26(46)21(16-13-54-31(36)37-16)39-53-33(2,3)30(50)51/h11,13-14,22,28,35H,5-10,12H2,1-4H3,(H6-,36,37,38,39,44,45,46,47,48,49,50,51)/p+1/t14-,22+,28+/m0/s1. The van der Waals surface area contributed by atoms with Crippen LogP contribution in [0, 0.1) is 5.41 Å². The SMILES string of the molecule is C[C@@H]1S[C@@H]2[C@H](NC(=O)/C(=N\OC(C)(C)C(=O)O)c3csc(N)n3)C(=N)N2C(C(=O)O)=C1C[N+]1(CCn2c(=O)c3c(Cl)c(O)c(O)cc3n(C)c2=O)CCCC1. The highest BCUT2D eigenvalue weighted by Crippen LogP contribution is 2.45. The van der Waals surface area contributed by atoms with Gasteiger partial charge in [0.05, 0.1) is 37.1 Å². The number of quaternary nitrogens is 1. The molecule has 1 amide bonds. The quantitative estimate of drug-likeness (QED) is 0.0587. The van der Waals surface area contributed by atoms with Gasteiger partial charge in [0.1, 0.15) is 40.2 Å². The lowest BCUT2D eigenvalue weighted by Gasteiger charge is -2.53. The Labute approximate surface area is 325 Å². The van der Waals surface area contributed by atoms with Crippen LogP contribution in [0.4, 0.5) is 5.13 Å². The Kier molecular flexibility index (Phi) is 10.4. The number of nitrogen functional groups attached to an aromatic ring is 1. The van der Waals surface area contributed by atoms with Crippen LogP contribution in [0.5, 0.6) is 11.5 Å². The molecule has 294 valence electrons. The number of likely N-dealkylation sites (tertiary alicyclic amines) is 1. The van der Waals surface area contributed by atoms with E-state index in [1.807, 2.05) is 6.92 Å². The number of thioether (sulfide) groups is 1. The number of aliphatic carboxylic acids is 2. The molecule has 19 nitrogen and oxygen atoms in total. The zero-order valence-corrected chi connectivity index (χ0v) is 32.4. The zero-order valence-electron chi connectivity index (χ0n) is 30.0. The van der Waals surface area contributed by atoms with Gasteiger partial charge in [0.15, 0.2) is 22.3 Å². The maximum absolute atomic E-state index is 13.6. The highest BCUT2D eigenvalue weighted by Gasteiger charge is 2.54. The van der Waals surface area contributed by atoms with Crippen molar-refractivity contribution in [2.45, 2.75) is 62.4 Å². The van der Waals surface area contributed by atoms with E-state index in [0.717, 1.165) is 39.4 Å². The number of carboxylic acids is 2. The topological polar surface area (TPSA) is 276 Å². The van der Waals surface area contributed by atoms with Gasteiger partial charge in [0.2, 0.25) is 5.60 Å². The summed E-state index contributed by atoms with van der Waals surface area (Å²) in [5.74, 6) is -4.89. The van der Waals surface area contributed by atoms with Crippen molar-refractivity contribution in [3.05, 3.63) is 54.3 Å². The summed E-state index contributed by atoms with van der Waals surface area (Å²) in [6.45, 7) is 6.08. The first-order valence-electron chi connectivity index (χ1n) is 17.0. The number of nitrogens with zero attached hydrogens (tertiary/aromatic N) is 6. The number of hydrogen-bond donors (Lipinski definition) is 7. The molecule has 0 radical (unpaired) electrons. The number of amides is 1. The maximum Gasteiger partial charge on any atom is 0.352 e. The number of aryl methyl sites for hydroxylation is 1. The molecule has 2 saturated heterocycles. The van der Waals surface area contributed by atoms with Gasteiger partial charge in [-0.15, -0.1) is 23.1 Å². The molecule has 0 aliphatic carbocycles. The smallest absolute Gasteiger partial charge is 0.352 e. The minimum atomic E-state index is -1.79. The Morgan fingerprint density at radius 1 is 1.22 bits per heavy atom. The molecule has 3 aromatic rings. The monoisotopic (exact) mass is 820 g/mol. The average molecular weight is 821 g/mol. The molecular formula is C33H39ClN9O10S2+. The van der Waals surface area contributed by atoms with E-state index in [4.69, 9.17) is 27.6 Å². The number of nitrogens with one attached hydrogen (secondary N) is 2. The molecule has 2 fully saturated rings. The largest absolute Gasteiger partial charge is 0.504 e. The molecule has 6 rings (SSSR count). The van der Waals surface area contributed by atoms with Crippen molar-refractivity contribution < 1.29 is 44.1 Å². The lowest BCUT2D eigenvalue weighted by Crippen LogP contribution is -2.71. The van der Waals surface area contributed by atoms with Crippen molar-refractivity contribution >= 4 is 80.1 Å². The minimum Gasteiger partial charge on any atom is -0.504 e. The summed E-state index contributed by atoms with van der Waals surface area (Å²) in [7, 11) is 1.42. The Morgan fingerprint density at radius 2 is 1.89 bits per heavy atom. The van der Waals surface area contributed by atoms with Crippen LogP contribution in [-0.4, -0.2) is 122 Å². The number of carbonyl (C=O) groups excluding carboxylic acids is 1. The van der Waals surface area contributed by atoms with E-state index in [9.17, 15) is 44.4 Å². The number of halogens is 1. The van der Waals surface area contributed by atoms with Gasteiger partial charge in [-0.3, -0.25) is 24.1 Å². The fraction of sp³-hybridized carbons (Fsp3) is 0.455. The second-order valence-electron chi connectivity index (χ2n) is 14.1. The van der Waals surface area contributed by atoms with Crippen LogP contribution in [0.1, 0.15) is 39.3 Å². The number of aromatic hydroxyl groups is 2. The first-order chi connectivity index (χ1) is 25.8. The van der Waals surface area contributed by atoms with Crippen molar-refractivity contribution in [3.63, 3.8) is 0 Å². The van der Waals surface area contributed by atoms with E-state index in [-0.39, 0.29) is 63.6 Å². The number of phenolic OH excluding ortho intramolecular Hbond substituents is 2. The molecule has 1 aromatic carbocycles. The van der Waals surface area contributed by atoms with Gasteiger partial charge in [0.25, 0.3) is 11.5 Å². The third kappa shape index (κ3) is 7.00. The van der Waals surface area contributed by atoms with Crippen LogP contribution in [-0.2, 0) is 32.8 Å². The van der Waals surface area contributed by atoms with Crippen molar-refractivity contribution in [2.75, 3.05) is 31.9 Å². The molecule has 0 saturated carbocycles. The lowest BCUT2D eigenvalue weighted by molar-refractivity contribution is -0.913. The Balaban J connectivity index is 1.27. The molecule has 22 heteroatoms. The van der Waals surface area contributed by atoms with Gasteiger partial charge in [-0.25, -0.2) is 19.4 Å². The highest BCUT2D eigenvalue weighted by atomic mass is 35.5. The normalized spacial score (nSPS) is 21.0. The third-order valence-electron chi connectivity index (χ3n) is 10.2. The molecule has 0 unspecified atom stereocenters. The van der Waals surface area contributed by atoms with Crippen LogP contribution < -0.4 is 22.3 Å². The lowest BCUT2D eigenvalue weighted by atomic mass is 9.99. The highest BCUT2D eigenvalue weighted by molar-refractivity contribution is 8.00. The Hall–Kier alpha value is -5.12. The van der Waals surface area contributed by atoms with Gasteiger partial charge < -0.3 is 45.7 Å². The van der Waals surface area contributed by atoms with Crippen molar-refractivity contribution in [2.24, 2.45) is 12.2 Å². The van der Waals surface area contributed by atoms with Crippen LogP contribution in [0.25, 0.3) is 10.9 Å². The van der Waals surface area contributed by atoms with Gasteiger partial charge in [0, 0.05) is 42.2 Å². The molecular weight excluding hydrogens is 782 g/mol. The van der Waals surface area contributed by atoms with Crippen LogP contribution in [0.3, 0.4) is 0 Å². The molecule has 0 spiro atoms. The Morgan fingerprint density at radius 3 is 2.49 bits per heavy atom. The molecule has 2 aromatic heterocycles. The van der Waals surface area contributed by atoms with Crippen LogP contribution in [0.15, 0.2) is 37.5 Å². The second kappa shape index (κ2) is 14.5. The maximum atomic E-state index is 13.6. The number of fused-ring (bicyclic) bond motifs is 2. The van der Waals surface area contributed by atoms with E-state index in [1.165, 1.54) is 42.9 Å². The summed E-state index contributed by atoms with van der Waals surface area (Å²) in [5.41, 5.74) is 2.73. The summed E-state index contributed by atoms with van der Waals surface area (Å²) in [4.78, 5) is 75.8. The number of oxime groups is 1. The molecule has 3 aliphatic rings. The number of hydrogen-bond acceptors (Lipinski definition) is 14. The summed E-state index contributed by atoms with van der Waals surface area (Å²) >= 11 is 8.62. The molecule has 55 heavy (non-hydrogen) atoms. The third-order valence-corrected chi connectivity index (χ3v) is 12.7. The molecule has 3 aliphatic heterocycles. The van der Waals surface area contributed by atoms with E-state index in [1.54, 1.807) is 0 Å². The Bertz CT molecular complexity index is 2330. The molecule has 5 heterocycles. The summed E-state index contributed by atoms with van der Waals surface area (Å²) < 4.78 is 2.54. The number of thiazole rings is 1. The number of phenols is 2. The van der Waals surface area contributed by atoms with Crippen molar-refractivity contribution in [1.82, 2.24) is 24.3 Å². The number of benzene rings is 1. The number of carboxylic acid groups (broad SMARTS) is 2. The number of carbonyl (C=O) groups is 3. The van der Waals surface area contributed by atoms with Gasteiger partial charge in [-0.2, -0.15) is 0 Å². The number of rotatable bonds is 12. The van der Waals surface area contributed by atoms with E-state index in [0.29, 0.717) is 23.1 Å². The first-order valence-corrected chi connectivity index (χ1v) is 19.2. The van der Waals surface area contributed by atoms with Crippen LogP contribution in [0.2, 0.25) is 5.02 Å². The predicted octanol–water partition coefficient (Wildman–Crippen LogP) is 1.28. The molecule has 0 bridgehead atoms. The van der Waals surface area contributed by atoms with Gasteiger partial charge in [-0.1, -0.05) is 16.8 Å². The molecule has 8 N–H and O–H groups in total. The summed E-state index contributed by atoms with van der Waals surface area (Å²) in [6, 6.07) is 0.140. The van der Waals surface area contributed by atoms with Crippen molar-refractivity contribution in [1.29, 1.82) is 5.41 Å². The fourth-order valence-electron chi connectivity index (χ4n) is 7.03. The fourth-order valence-corrected chi connectivity index (χ4v) is 9.32. The number of aromatic nitrogens is 3. The van der Waals surface area contributed by atoms with E-state index >= 15 is 0 Å². The van der Waals surface area contributed by atoms with E-state index in [2.05, 4.69) is 15.5 Å². The predicted molar refractivity (Wildman–Crippen MR) is 204 cm³/mol. The number of anilines is 1.